The van der Waals surface area contributed by atoms with Gasteiger partial charge in [0.2, 0.25) is 6.35 Å². The normalized spacial score (nSPS) is 23.3. The quantitative estimate of drug-likeness (QED) is 0.317. The second-order valence-electron chi connectivity index (χ2n) is 1.78. The van der Waals surface area contributed by atoms with Crippen LogP contribution < -0.4 is 0 Å². The third-order valence-corrected chi connectivity index (χ3v) is 1.80. The molecule has 1 aliphatic rings. The Morgan fingerprint density at radius 2 is 2.55 bits per heavy atom. The first-order valence-electron chi connectivity index (χ1n) is 2.63. The third kappa shape index (κ3) is 1.87. The van der Waals surface area contributed by atoms with Crippen molar-refractivity contribution in [3.8, 4) is 0 Å². The molecule has 1 unspecified atom stereocenters. The zero-order chi connectivity index (χ0) is 8.43. The van der Waals surface area contributed by atoms with Crippen LogP contribution in [0.5, 0.6) is 0 Å². The molecule has 0 aromatic carbocycles. The summed E-state index contributed by atoms with van der Waals surface area (Å²) in [5.41, 5.74) is -0.135. The van der Waals surface area contributed by atoms with Gasteiger partial charge in [-0.1, -0.05) is 0 Å². The van der Waals surface area contributed by atoms with Gasteiger partial charge in [0.25, 0.3) is 0 Å². The zero-order valence-electron chi connectivity index (χ0n) is 5.22. The van der Waals surface area contributed by atoms with E-state index in [-0.39, 0.29) is 5.70 Å². The fourth-order valence-electron chi connectivity index (χ4n) is 0.527. The summed E-state index contributed by atoms with van der Waals surface area (Å²) in [7, 11) is 0. The van der Waals surface area contributed by atoms with Crippen molar-refractivity contribution in [2.45, 2.75) is 6.35 Å². The van der Waals surface area contributed by atoms with Crippen LogP contribution in [0.25, 0.3) is 0 Å². The third-order valence-electron chi connectivity index (χ3n) is 1.03. The summed E-state index contributed by atoms with van der Waals surface area (Å²) in [4.78, 5) is 13.0. The van der Waals surface area contributed by atoms with Gasteiger partial charge in [0.1, 0.15) is 6.21 Å². The Hall–Kier alpha value is -0.700. The number of nitrogens with zero attached hydrogens (tertiary/aromatic N) is 3. The minimum Gasteiger partial charge on any atom is -0.354 e. The summed E-state index contributed by atoms with van der Waals surface area (Å²) < 4.78 is 1.22. The van der Waals surface area contributed by atoms with Gasteiger partial charge in [-0.3, -0.25) is 13.2 Å². The number of aliphatic hydroxyl groups is 1. The molecular weight excluding hydrogens is 265 g/mol. The first-order chi connectivity index (χ1) is 5.11. The first kappa shape index (κ1) is 8.40. The number of nitro groups is 1. The van der Waals surface area contributed by atoms with E-state index in [1.807, 2.05) is 0 Å². The second kappa shape index (κ2) is 3.13. The van der Waals surface area contributed by atoms with Crippen molar-refractivity contribution in [1.29, 1.82) is 0 Å². The Morgan fingerprint density at radius 3 is 3.00 bits per heavy atom. The lowest BCUT2D eigenvalue weighted by molar-refractivity contribution is -0.415. The van der Waals surface area contributed by atoms with E-state index in [1.165, 1.54) is 9.31 Å². The van der Waals surface area contributed by atoms with Crippen LogP contribution in [-0.2, 0) is 0 Å². The molecule has 6 nitrogen and oxygen atoms in total. The maximum Gasteiger partial charge on any atom is 0.303 e. The summed E-state index contributed by atoms with van der Waals surface area (Å²) in [6.07, 6.45) is 1.22. The van der Waals surface area contributed by atoms with Crippen molar-refractivity contribution in [3.05, 3.63) is 22.0 Å². The van der Waals surface area contributed by atoms with Crippen LogP contribution in [-0.4, -0.2) is 25.7 Å². The Kier molecular flexibility index (Phi) is 2.39. The van der Waals surface area contributed by atoms with Gasteiger partial charge in [-0.05, 0) is 0 Å². The monoisotopic (exact) mass is 269 g/mol. The van der Waals surface area contributed by atoms with Crippen LogP contribution in [0.3, 0.4) is 0 Å². The molecule has 0 saturated heterocycles. The summed E-state index contributed by atoms with van der Waals surface area (Å²) in [5.74, 6) is 0. The fourth-order valence-corrected chi connectivity index (χ4v) is 0.957. The van der Waals surface area contributed by atoms with Gasteiger partial charge in [-0.25, -0.2) is 4.99 Å². The molecule has 0 aromatic heterocycles. The number of rotatable bonds is 1. The van der Waals surface area contributed by atoms with Crippen LogP contribution in [0.15, 0.2) is 16.9 Å². The number of hydrogen-bond donors (Lipinski definition) is 1. The largest absolute Gasteiger partial charge is 0.354 e. The Bertz CT molecular complexity index is 239. The van der Waals surface area contributed by atoms with E-state index in [1.54, 1.807) is 22.9 Å². The molecule has 0 bridgehead atoms. The van der Waals surface area contributed by atoms with E-state index in [0.29, 0.717) is 0 Å². The van der Waals surface area contributed by atoms with Crippen LogP contribution in [0.2, 0.25) is 0 Å². The fraction of sp³-hybridized carbons (Fsp3) is 0.250. The van der Waals surface area contributed by atoms with Crippen LogP contribution in [0.1, 0.15) is 0 Å². The van der Waals surface area contributed by atoms with E-state index in [4.69, 9.17) is 5.11 Å². The molecule has 0 aliphatic carbocycles. The molecule has 0 spiro atoms. The van der Waals surface area contributed by atoms with E-state index in [2.05, 4.69) is 4.99 Å². The summed E-state index contributed by atoms with van der Waals surface area (Å²) >= 11 is 1.72. The number of hydrogen-bond acceptors (Lipinski definition) is 5. The highest BCUT2D eigenvalue weighted by molar-refractivity contribution is 14.1. The molecule has 1 aliphatic heterocycles. The minimum absolute atomic E-state index is 0.135. The van der Waals surface area contributed by atoms with Gasteiger partial charge < -0.3 is 5.11 Å². The molecule has 0 aromatic rings. The molecule has 0 saturated carbocycles. The van der Waals surface area contributed by atoms with Crippen LogP contribution in [0, 0.1) is 10.1 Å². The highest BCUT2D eigenvalue weighted by atomic mass is 127. The average molecular weight is 269 g/mol. The molecule has 1 heterocycles. The van der Waals surface area contributed by atoms with Crippen molar-refractivity contribution in [2.75, 3.05) is 0 Å². The van der Waals surface area contributed by atoms with Crippen LogP contribution >= 0.6 is 22.9 Å². The van der Waals surface area contributed by atoms with E-state index >= 15 is 0 Å². The topological polar surface area (TPSA) is 79.0 Å². The number of aliphatic hydroxyl groups excluding tert-OH is 1. The van der Waals surface area contributed by atoms with Gasteiger partial charge >= 0.3 is 5.70 Å². The average Bonchev–Trinajstić information content (AvgIpc) is 1.94. The maximum atomic E-state index is 10.1. The number of aliphatic imine (C=N–C) groups is 1. The van der Waals surface area contributed by atoms with E-state index < -0.39 is 11.3 Å². The predicted molar refractivity (Wildman–Crippen MR) is 45.4 cm³/mol. The lowest BCUT2D eigenvalue weighted by Crippen LogP contribution is -2.24. The van der Waals surface area contributed by atoms with Crippen molar-refractivity contribution < 1.29 is 10.0 Å². The maximum absolute atomic E-state index is 10.1. The molecule has 60 valence electrons. The first-order valence-corrected chi connectivity index (χ1v) is 3.59. The molecule has 11 heavy (non-hydrogen) atoms. The molecule has 1 rings (SSSR count). The Morgan fingerprint density at radius 1 is 1.91 bits per heavy atom. The lowest BCUT2D eigenvalue weighted by Gasteiger charge is -2.16. The Labute approximate surface area is 75.9 Å². The SMILES string of the molecule is O=[N+]([O-])C1=CN(I)C(O)N=C1. The predicted octanol–water partition coefficient (Wildman–Crippen LogP) is 0.117. The number of allylic oxidation sites excluding steroid dienone is 1. The molecule has 7 heteroatoms. The van der Waals surface area contributed by atoms with Crippen molar-refractivity contribution in [1.82, 2.24) is 3.11 Å². The van der Waals surface area contributed by atoms with E-state index in [9.17, 15) is 10.1 Å². The molecule has 0 radical (unpaired) electrons. The molecule has 0 amide bonds. The molecular formula is C4H4IN3O3. The Balaban J connectivity index is 2.80. The zero-order valence-corrected chi connectivity index (χ0v) is 7.37. The smallest absolute Gasteiger partial charge is 0.303 e. The number of halogens is 1. The van der Waals surface area contributed by atoms with Gasteiger partial charge in [-0.2, -0.15) is 0 Å². The van der Waals surface area contributed by atoms with Gasteiger partial charge in [0, 0.05) is 0 Å². The van der Waals surface area contributed by atoms with Gasteiger partial charge in [-0.15, -0.1) is 0 Å². The molecule has 1 N–H and O–H groups in total. The van der Waals surface area contributed by atoms with E-state index in [0.717, 1.165) is 6.21 Å². The molecule has 0 fully saturated rings. The van der Waals surface area contributed by atoms with Crippen molar-refractivity contribution >= 4 is 29.1 Å². The minimum atomic E-state index is -1.01. The second-order valence-corrected chi connectivity index (χ2v) is 2.89. The summed E-state index contributed by atoms with van der Waals surface area (Å²) in [5, 5.41) is 19.1. The van der Waals surface area contributed by atoms with Gasteiger partial charge in [0.05, 0.1) is 34.0 Å². The lowest BCUT2D eigenvalue weighted by atomic mass is 10.5. The summed E-state index contributed by atoms with van der Waals surface area (Å²) in [6.45, 7) is 0. The standard InChI is InChI=1S/C4H4IN3O3/c5-7-2-3(8(10)11)1-6-4(7)9/h1-2,4,9H. The summed E-state index contributed by atoms with van der Waals surface area (Å²) in [6, 6.07) is 0. The highest BCUT2D eigenvalue weighted by Gasteiger charge is 2.18. The van der Waals surface area contributed by atoms with Crippen molar-refractivity contribution in [2.24, 2.45) is 4.99 Å². The van der Waals surface area contributed by atoms with Crippen LogP contribution in [0.4, 0.5) is 0 Å². The molecule has 1 atom stereocenters. The van der Waals surface area contributed by atoms with Crippen molar-refractivity contribution in [3.63, 3.8) is 0 Å². The van der Waals surface area contributed by atoms with Gasteiger partial charge in [0.15, 0.2) is 0 Å². The highest BCUT2D eigenvalue weighted by Crippen LogP contribution is 2.13.